The van der Waals surface area contributed by atoms with E-state index in [1.54, 1.807) is 0 Å². The van der Waals surface area contributed by atoms with E-state index in [-0.39, 0.29) is 0 Å². The topological polar surface area (TPSA) is 69.6 Å². The van der Waals surface area contributed by atoms with Crippen LogP contribution in [0, 0.1) is 11.8 Å². The van der Waals surface area contributed by atoms with Crippen LogP contribution in [-0.2, 0) is 13.1 Å². The lowest BCUT2D eigenvalue weighted by Gasteiger charge is -2.14. The lowest BCUT2D eigenvalue weighted by atomic mass is 9.98. The van der Waals surface area contributed by atoms with Gasteiger partial charge in [0.25, 0.3) is 0 Å². The zero-order valence-corrected chi connectivity index (χ0v) is 8.56. The molecule has 0 saturated heterocycles. The van der Waals surface area contributed by atoms with Gasteiger partial charge in [-0.25, -0.2) is 4.68 Å². The highest BCUT2D eigenvalue weighted by atomic mass is 15.5. The Kier molecular flexibility index (Phi) is 2.77. The highest BCUT2D eigenvalue weighted by Gasteiger charge is 2.24. The van der Waals surface area contributed by atoms with E-state index in [9.17, 15) is 0 Å². The second-order valence-corrected chi connectivity index (χ2v) is 4.15. The number of nitrogens with two attached hydrogens (primary N) is 1. The molecule has 78 valence electrons. The molecule has 1 aromatic rings. The normalized spacial score (nSPS) is 27.0. The van der Waals surface area contributed by atoms with Crippen LogP contribution < -0.4 is 5.73 Å². The number of aromatic nitrogens is 4. The van der Waals surface area contributed by atoms with Crippen LogP contribution in [0.3, 0.4) is 0 Å². The summed E-state index contributed by atoms with van der Waals surface area (Å²) < 4.78 is 1.85. The molecule has 2 rings (SSSR count). The zero-order chi connectivity index (χ0) is 9.97. The summed E-state index contributed by atoms with van der Waals surface area (Å²) in [4.78, 5) is 0. The minimum Gasteiger partial charge on any atom is -0.324 e. The molecule has 0 amide bonds. The minimum absolute atomic E-state index is 0.425. The molecule has 1 heterocycles. The van der Waals surface area contributed by atoms with Gasteiger partial charge in [-0.05, 0) is 28.7 Å². The fourth-order valence-electron chi connectivity index (χ4n) is 2.23. The summed E-state index contributed by atoms with van der Waals surface area (Å²) in [6.45, 7) is 3.67. The van der Waals surface area contributed by atoms with Crippen molar-refractivity contribution in [3.05, 3.63) is 5.82 Å². The van der Waals surface area contributed by atoms with Gasteiger partial charge in [0.15, 0.2) is 5.82 Å². The summed E-state index contributed by atoms with van der Waals surface area (Å²) in [6, 6.07) is 0. The van der Waals surface area contributed by atoms with Gasteiger partial charge >= 0.3 is 0 Å². The van der Waals surface area contributed by atoms with Crippen molar-refractivity contribution in [3.8, 4) is 0 Å². The third-order valence-corrected chi connectivity index (χ3v) is 3.24. The number of tetrazole rings is 1. The fraction of sp³-hybridized carbons (Fsp3) is 0.889. The maximum absolute atomic E-state index is 5.54. The predicted octanol–water partition coefficient (Wildman–Crippen LogP) is 0.568. The largest absolute Gasteiger partial charge is 0.324 e. The Bertz CT molecular complexity index is 295. The van der Waals surface area contributed by atoms with Crippen molar-refractivity contribution in [2.45, 2.75) is 39.3 Å². The first-order chi connectivity index (χ1) is 6.81. The summed E-state index contributed by atoms with van der Waals surface area (Å²) in [6.07, 6.45) is 3.97. The average Bonchev–Trinajstić information content (AvgIpc) is 2.77. The molecule has 1 aliphatic rings. The quantitative estimate of drug-likeness (QED) is 0.765. The molecule has 1 fully saturated rings. The molecule has 1 aromatic heterocycles. The van der Waals surface area contributed by atoms with E-state index in [0.717, 1.165) is 24.2 Å². The zero-order valence-electron chi connectivity index (χ0n) is 8.56. The van der Waals surface area contributed by atoms with Gasteiger partial charge in [0.05, 0.1) is 6.54 Å². The van der Waals surface area contributed by atoms with E-state index in [2.05, 4.69) is 22.4 Å². The number of hydrogen-bond donors (Lipinski definition) is 1. The SMILES string of the molecule is CC1CCCC1Cn1nnnc1CN. The van der Waals surface area contributed by atoms with Crippen molar-refractivity contribution in [3.63, 3.8) is 0 Å². The molecule has 0 bridgehead atoms. The molecule has 2 unspecified atom stereocenters. The Hall–Kier alpha value is -0.970. The van der Waals surface area contributed by atoms with E-state index in [0.29, 0.717) is 6.54 Å². The van der Waals surface area contributed by atoms with Crippen LogP contribution >= 0.6 is 0 Å². The van der Waals surface area contributed by atoms with E-state index in [4.69, 9.17) is 5.73 Å². The average molecular weight is 195 g/mol. The predicted molar refractivity (Wildman–Crippen MR) is 52.2 cm³/mol. The lowest BCUT2D eigenvalue weighted by molar-refractivity contribution is 0.338. The molecule has 1 saturated carbocycles. The Labute approximate surface area is 83.7 Å². The molecule has 2 N–H and O–H groups in total. The monoisotopic (exact) mass is 195 g/mol. The molecular weight excluding hydrogens is 178 g/mol. The standard InChI is InChI=1S/C9H17N5/c1-7-3-2-4-8(7)6-14-9(5-10)11-12-13-14/h7-8H,2-6,10H2,1H3. The van der Waals surface area contributed by atoms with E-state index < -0.39 is 0 Å². The molecule has 0 spiro atoms. The second kappa shape index (κ2) is 4.04. The van der Waals surface area contributed by atoms with E-state index in [1.165, 1.54) is 19.3 Å². The van der Waals surface area contributed by atoms with Gasteiger partial charge < -0.3 is 5.73 Å². The summed E-state index contributed by atoms with van der Waals surface area (Å²) in [5, 5.41) is 11.5. The van der Waals surface area contributed by atoms with Crippen molar-refractivity contribution in [2.24, 2.45) is 17.6 Å². The van der Waals surface area contributed by atoms with Crippen LogP contribution in [0.25, 0.3) is 0 Å². The van der Waals surface area contributed by atoms with Gasteiger partial charge in [0, 0.05) is 6.54 Å². The minimum atomic E-state index is 0.425. The van der Waals surface area contributed by atoms with Crippen LogP contribution in [0.4, 0.5) is 0 Å². The molecule has 0 radical (unpaired) electrons. The summed E-state index contributed by atoms with van der Waals surface area (Å²) >= 11 is 0. The molecule has 0 aliphatic heterocycles. The Morgan fingerprint density at radius 2 is 2.36 bits per heavy atom. The van der Waals surface area contributed by atoms with Crippen LogP contribution in [0.5, 0.6) is 0 Å². The van der Waals surface area contributed by atoms with Crippen molar-refractivity contribution in [1.29, 1.82) is 0 Å². The Morgan fingerprint density at radius 1 is 1.50 bits per heavy atom. The number of hydrogen-bond acceptors (Lipinski definition) is 4. The van der Waals surface area contributed by atoms with Crippen LogP contribution in [0.15, 0.2) is 0 Å². The molecule has 5 heteroatoms. The van der Waals surface area contributed by atoms with Gasteiger partial charge in [0.1, 0.15) is 0 Å². The molecule has 5 nitrogen and oxygen atoms in total. The van der Waals surface area contributed by atoms with E-state index >= 15 is 0 Å². The number of nitrogens with zero attached hydrogens (tertiary/aromatic N) is 4. The smallest absolute Gasteiger partial charge is 0.164 e. The maximum atomic E-state index is 5.54. The first-order valence-corrected chi connectivity index (χ1v) is 5.26. The van der Waals surface area contributed by atoms with Crippen molar-refractivity contribution in [2.75, 3.05) is 0 Å². The third-order valence-electron chi connectivity index (χ3n) is 3.24. The van der Waals surface area contributed by atoms with Crippen molar-refractivity contribution < 1.29 is 0 Å². The highest BCUT2D eigenvalue weighted by molar-refractivity contribution is 4.81. The van der Waals surface area contributed by atoms with Crippen LogP contribution in [0.1, 0.15) is 32.0 Å². The van der Waals surface area contributed by atoms with Gasteiger partial charge in [-0.2, -0.15) is 0 Å². The summed E-state index contributed by atoms with van der Waals surface area (Å²) in [5.74, 6) is 2.32. The molecule has 1 aliphatic carbocycles. The van der Waals surface area contributed by atoms with Gasteiger partial charge in [-0.3, -0.25) is 0 Å². The van der Waals surface area contributed by atoms with Crippen LogP contribution in [-0.4, -0.2) is 20.2 Å². The first-order valence-electron chi connectivity index (χ1n) is 5.26. The van der Waals surface area contributed by atoms with Gasteiger partial charge in [-0.15, -0.1) is 5.10 Å². The van der Waals surface area contributed by atoms with Crippen molar-refractivity contribution in [1.82, 2.24) is 20.2 Å². The highest BCUT2D eigenvalue weighted by Crippen LogP contribution is 2.32. The fourth-order valence-corrected chi connectivity index (χ4v) is 2.23. The summed E-state index contributed by atoms with van der Waals surface area (Å²) in [5.41, 5.74) is 5.54. The molecule has 2 atom stereocenters. The van der Waals surface area contributed by atoms with E-state index in [1.807, 2.05) is 4.68 Å². The molecule has 14 heavy (non-hydrogen) atoms. The second-order valence-electron chi connectivity index (χ2n) is 4.15. The van der Waals surface area contributed by atoms with Crippen LogP contribution in [0.2, 0.25) is 0 Å². The summed E-state index contributed by atoms with van der Waals surface area (Å²) in [7, 11) is 0. The number of rotatable bonds is 3. The third kappa shape index (κ3) is 1.77. The molecule has 0 aromatic carbocycles. The Balaban J connectivity index is 2.02. The van der Waals surface area contributed by atoms with Gasteiger partial charge in [0.2, 0.25) is 0 Å². The van der Waals surface area contributed by atoms with Crippen molar-refractivity contribution >= 4 is 0 Å². The first kappa shape index (κ1) is 9.58. The van der Waals surface area contributed by atoms with Gasteiger partial charge in [-0.1, -0.05) is 19.8 Å². The Morgan fingerprint density at radius 3 is 3.00 bits per heavy atom. The maximum Gasteiger partial charge on any atom is 0.164 e. The molecular formula is C9H17N5. The lowest BCUT2D eigenvalue weighted by Crippen LogP contribution is -2.18.